The highest BCUT2D eigenvalue weighted by atomic mass is 31.3. The van der Waals surface area contributed by atoms with Gasteiger partial charge in [-0.2, -0.15) is 17.2 Å². The number of phosphoric ester groups is 2. The molecule has 12 atom stereocenters. The molecule has 2 aromatic carbocycles. The average molecular weight is 1450 g/mol. The van der Waals surface area contributed by atoms with E-state index in [4.69, 9.17) is 50.0 Å². The number of aliphatic hydroxyl groups excluding tert-OH is 2. The van der Waals surface area contributed by atoms with E-state index in [0.717, 1.165) is 12.7 Å². The van der Waals surface area contributed by atoms with E-state index in [1.807, 2.05) is 0 Å². The standard InChI is InChI=1S/2C21H29N8O15P3/c1-23-12-5-3-2-4-11(12)19(31)24-6-7-25-21(32)42-16-13(8-40-46(36,37)44-47(38,39)43-45(33,34)35)41-20(15(16)30)29-10-28-14-17(22)26-9-27-18(14)29;1-23-12-5-3-2-4-11(12)19(31)24-6-7-25-21(32)42-16-15(30)13(8-40-46(36,37)44-47(38,39)43-45(33,34)35)41-20(16)29-10-28-14-17(22)26-9-27-18(14)29/h2*2-5,9-10,13,15-16,20,23,30H,6-8H2,1H3,(H,24,31)(H,25,32)(H,36,37)(H,38,39)(H2,22,26,27)(H2,33,34,35)/t2*13-,15-,16-,20-/m11/s1. The van der Waals surface area contributed by atoms with Crippen molar-refractivity contribution in [3.63, 3.8) is 0 Å². The summed E-state index contributed by atoms with van der Waals surface area (Å²) < 4.78 is 118. The molecule has 2 aliphatic rings. The predicted molar refractivity (Wildman–Crippen MR) is 312 cm³/mol. The first kappa shape index (κ1) is 74.3. The molecule has 2 fully saturated rings. The maximum Gasteiger partial charge on any atom is 0.490 e. The number of nitrogen functional groups attached to an aromatic ring is 2. The Kier molecular flexibility index (Phi) is 24.6. The van der Waals surface area contributed by atoms with Crippen molar-refractivity contribution >= 4 is 116 Å². The predicted octanol–water partition coefficient (Wildman–Crippen LogP) is -0.847. The summed E-state index contributed by atoms with van der Waals surface area (Å²) in [6, 6.07) is 13.4. The largest absolute Gasteiger partial charge is 0.490 e. The first-order valence-electron chi connectivity index (χ1n) is 26.1. The molecule has 8 rings (SSSR count). The summed E-state index contributed by atoms with van der Waals surface area (Å²) in [5, 5.41) is 37.8. The third-order valence-corrected chi connectivity index (χ3v) is 19.9. The van der Waals surface area contributed by atoms with Crippen LogP contribution in [0, 0.1) is 0 Å². The van der Waals surface area contributed by atoms with Gasteiger partial charge in [-0.05, 0) is 24.3 Å². The Morgan fingerprint density at radius 3 is 1.34 bits per heavy atom. The number of carbonyl (C=O) groups is 4. The minimum Gasteiger partial charge on any atom is -0.440 e. The number of hydrogen-bond donors (Lipinski definition) is 18. The van der Waals surface area contributed by atoms with Crippen LogP contribution < -0.4 is 43.4 Å². The fraction of sp³-hybridized carbons (Fsp3) is 0.381. The number of nitrogens with one attached hydrogen (secondary N) is 6. The number of amides is 4. The van der Waals surface area contributed by atoms with Crippen molar-refractivity contribution in [3.8, 4) is 0 Å². The van der Waals surface area contributed by atoms with Crippen LogP contribution in [0.3, 0.4) is 0 Å². The monoisotopic (exact) mass is 1450 g/mol. The second kappa shape index (κ2) is 31.2. The van der Waals surface area contributed by atoms with Crippen LogP contribution in [0.4, 0.5) is 32.6 Å². The number of phosphoric acid groups is 6. The number of anilines is 4. The smallest absolute Gasteiger partial charge is 0.440 e. The highest BCUT2D eigenvalue weighted by Gasteiger charge is 2.52. The summed E-state index contributed by atoms with van der Waals surface area (Å²) in [6.07, 6.45) is -10.5. The third-order valence-electron chi connectivity index (χ3n) is 12.3. The number of fused-ring (bicyclic) bond motifs is 2. The van der Waals surface area contributed by atoms with Crippen LogP contribution >= 0.6 is 46.9 Å². The Morgan fingerprint density at radius 1 is 0.511 bits per heavy atom. The van der Waals surface area contributed by atoms with Gasteiger partial charge in [0.15, 0.2) is 47.6 Å². The number of alkyl carbamates (subject to hydrolysis) is 2. The first-order valence-corrected chi connectivity index (χ1v) is 35.1. The zero-order valence-electron chi connectivity index (χ0n) is 47.8. The van der Waals surface area contributed by atoms with Crippen LogP contribution in [-0.4, -0.2) is 203 Å². The van der Waals surface area contributed by atoms with Gasteiger partial charge in [0.1, 0.15) is 48.1 Å². The lowest BCUT2D eigenvalue weighted by Crippen LogP contribution is -2.42. The van der Waals surface area contributed by atoms with Gasteiger partial charge in [0.05, 0.1) is 37.0 Å². The molecule has 0 radical (unpaired) electrons. The number of hydrogen-bond acceptors (Lipinski definition) is 32. The minimum absolute atomic E-state index is 0.0147. The van der Waals surface area contributed by atoms with E-state index in [-0.39, 0.29) is 60.1 Å². The highest BCUT2D eigenvalue weighted by molar-refractivity contribution is 7.67. The number of benzene rings is 2. The van der Waals surface area contributed by atoms with Gasteiger partial charge in [-0.25, -0.2) is 66.9 Å². The van der Waals surface area contributed by atoms with Crippen molar-refractivity contribution in [2.75, 3.05) is 75.6 Å². The quantitative estimate of drug-likeness (QED) is 0.0210. The molecule has 4 unspecified atom stereocenters. The number of para-hydroxylation sites is 2. The molecule has 94 heavy (non-hydrogen) atoms. The molecular weight excluding hydrogens is 1390 g/mol. The van der Waals surface area contributed by atoms with Crippen LogP contribution in [-0.2, 0) is 72.6 Å². The van der Waals surface area contributed by atoms with Crippen molar-refractivity contribution in [2.45, 2.75) is 49.1 Å². The Labute approximate surface area is 525 Å². The number of ether oxygens (including phenoxy) is 4. The molecule has 0 saturated carbocycles. The van der Waals surface area contributed by atoms with Crippen LogP contribution in [0.15, 0.2) is 73.8 Å². The molecular formula is C42H58N16O30P6. The fourth-order valence-corrected chi connectivity index (χ4v) is 14.6. The van der Waals surface area contributed by atoms with Gasteiger partial charge < -0.3 is 112 Å². The van der Waals surface area contributed by atoms with Crippen LogP contribution in [0.1, 0.15) is 33.2 Å². The molecule has 52 heteroatoms. The number of imidazole rings is 2. The van der Waals surface area contributed by atoms with E-state index in [1.54, 1.807) is 62.6 Å². The van der Waals surface area contributed by atoms with Gasteiger partial charge in [-0.1, -0.05) is 24.3 Å². The zero-order chi connectivity index (χ0) is 69.1. The van der Waals surface area contributed by atoms with Crippen molar-refractivity contribution in [1.29, 1.82) is 0 Å². The SMILES string of the molecule is CNc1ccccc1C(=O)NCCNC(=O)O[C@@H]1[C@H](O)[C@@H](COP(=O)(O)OP(=O)(O)OP(=O)(O)O)O[C@H]1n1cnc2c(N)ncnc21.CNc1ccccc1C(=O)NCCNC(=O)O[C@H]1[C@@H](O)[C@H](n2cnc3c(N)ncnc32)O[C@@H]1COP(=O)(O)OP(=O)(O)OP(=O)(O)O. The number of carbonyl (C=O) groups excluding carboxylic acids is 4. The molecule has 2 aliphatic heterocycles. The summed E-state index contributed by atoms with van der Waals surface area (Å²) in [4.78, 5) is 147. The lowest BCUT2D eigenvalue weighted by Gasteiger charge is -2.22. The first-order chi connectivity index (χ1) is 44.0. The van der Waals surface area contributed by atoms with Gasteiger partial charge in [-0.15, -0.1) is 0 Å². The highest BCUT2D eigenvalue weighted by Crippen LogP contribution is 2.67. The molecule has 0 aliphatic carbocycles. The van der Waals surface area contributed by atoms with Crippen LogP contribution in [0.25, 0.3) is 22.3 Å². The van der Waals surface area contributed by atoms with Crippen molar-refractivity contribution in [3.05, 3.63) is 85.0 Å². The Hall–Kier alpha value is -7.12. The number of rotatable bonds is 28. The van der Waals surface area contributed by atoms with Gasteiger partial charge >= 0.3 is 59.1 Å². The Morgan fingerprint density at radius 2 is 0.904 bits per heavy atom. The number of aliphatic hydroxyl groups is 2. The summed E-state index contributed by atoms with van der Waals surface area (Å²) >= 11 is 0. The zero-order valence-corrected chi connectivity index (χ0v) is 53.2. The average Bonchev–Trinajstić information content (AvgIpc) is 1.62. The number of nitrogens with two attached hydrogens (primary N) is 2. The maximum absolute atomic E-state index is 12.7. The maximum atomic E-state index is 12.7. The van der Waals surface area contributed by atoms with E-state index >= 15 is 0 Å². The molecule has 2 saturated heterocycles. The van der Waals surface area contributed by atoms with Crippen LogP contribution in [0.2, 0.25) is 0 Å². The number of aromatic nitrogens is 8. The normalized spacial score (nSPS) is 22.3. The third kappa shape index (κ3) is 20.5. The summed E-state index contributed by atoms with van der Waals surface area (Å²) in [7, 11) is -30.9. The Balaban J connectivity index is 0.000000266. The molecule has 6 heterocycles. The van der Waals surface area contributed by atoms with E-state index in [9.17, 15) is 76.4 Å². The van der Waals surface area contributed by atoms with E-state index in [1.165, 1.54) is 21.8 Å². The van der Waals surface area contributed by atoms with E-state index < -0.39 is 133 Å². The molecule has 0 spiro atoms. The molecule has 4 amide bonds. The summed E-state index contributed by atoms with van der Waals surface area (Å²) in [5.74, 6) is -0.891. The second-order valence-corrected chi connectivity index (χ2v) is 27.6. The summed E-state index contributed by atoms with van der Waals surface area (Å²) in [5.41, 5.74) is 13.9. The molecule has 6 aromatic rings. The number of nitrogens with zero attached hydrogens (tertiary/aromatic N) is 8. The second-order valence-electron chi connectivity index (χ2n) is 18.7. The van der Waals surface area contributed by atoms with Crippen molar-refractivity contribution < 1.29 is 141 Å². The fourth-order valence-electron chi connectivity index (χ4n) is 8.49. The van der Waals surface area contributed by atoms with Crippen molar-refractivity contribution in [2.24, 2.45) is 0 Å². The van der Waals surface area contributed by atoms with E-state index in [0.29, 0.717) is 22.5 Å². The van der Waals surface area contributed by atoms with Crippen molar-refractivity contribution in [1.82, 2.24) is 60.3 Å². The van der Waals surface area contributed by atoms with Gasteiger partial charge in [0, 0.05) is 51.6 Å². The van der Waals surface area contributed by atoms with Gasteiger partial charge in [0.25, 0.3) is 11.8 Å². The van der Waals surface area contributed by atoms with E-state index in [2.05, 4.69) is 88.1 Å². The lowest BCUT2D eigenvalue weighted by molar-refractivity contribution is -0.0522. The summed E-state index contributed by atoms with van der Waals surface area (Å²) in [6.45, 7) is -2.46. The molecule has 0 bridgehead atoms. The molecule has 516 valence electrons. The van der Waals surface area contributed by atoms with Gasteiger partial charge in [-0.3, -0.25) is 27.8 Å². The lowest BCUT2D eigenvalue weighted by atomic mass is 10.1. The van der Waals surface area contributed by atoms with Gasteiger partial charge in [0.2, 0.25) is 0 Å². The molecule has 20 N–H and O–H groups in total. The molecule has 4 aromatic heterocycles. The minimum atomic E-state index is -5.84. The Bertz CT molecular complexity index is 4010. The molecule has 46 nitrogen and oxygen atoms in total. The van der Waals surface area contributed by atoms with Crippen LogP contribution in [0.5, 0.6) is 0 Å². The topological polar surface area (TPSA) is 677 Å².